The minimum Gasteiger partial charge on any atom is -0.465 e. The lowest BCUT2D eigenvalue weighted by molar-refractivity contribution is 0.0952. The predicted octanol–water partition coefficient (Wildman–Crippen LogP) is 1.98. The second-order valence-electron chi connectivity index (χ2n) is 4.25. The molecular formula is C14H16N2O3S. The fraction of sp³-hybridized carbons (Fsp3) is 0.214. The van der Waals surface area contributed by atoms with Crippen LogP contribution in [0.5, 0.6) is 0 Å². The van der Waals surface area contributed by atoms with E-state index in [0.717, 1.165) is 16.2 Å². The summed E-state index contributed by atoms with van der Waals surface area (Å²) in [5, 5.41) is 8.98. The maximum Gasteiger partial charge on any atom is 0.268 e. The van der Waals surface area contributed by atoms with E-state index in [9.17, 15) is 4.79 Å². The summed E-state index contributed by atoms with van der Waals surface area (Å²) in [6.07, 6.45) is 0. The molecule has 2 aromatic rings. The predicted molar refractivity (Wildman–Crippen MR) is 77.0 cm³/mol. The van der Waals surface area contributed by atoms with Crippen molar-refractivity contribution in [1.29, 1.82) is 0 Å². The van der Waals surface area contributed by atoms with E-state index in [1.54, 1.807) is 24.8 Å². The van der Waals surface area contributed by atoms with Gasteiger partial charge in [-0.15, -0.1) is 11.8 Å². The molecular weight excluding hydrogens is 276 g/mol. The van der Waals surface area contributed by atoms with Crippen LogP contribution in [0.25, 0.3) is 0 Å². The summed E-state index contributed by atoms with van der Waals surface area (Å²) >= 11 is 1.60. The Labute approximate surface area is 121 Å². The molecule has 2 rings (SSSR count). The number of nitrogens with two attached hydrogens (primary N) is 1. The molecule has 0 radical (unpaired) electrons. The van der Waals surface area contributed by atoms with Gasteiger partial charge in [-0.05, 0) is 30.7 Å². The highest BCUT2D eigenvalue weighted by Gasteiger charge is 2.13. The first kappa shape index (κ1) is 14.6. The molecule has 0 aliphatic rings. The maximum absolute atomic E-state index is 11.5. The van der Waals surface area contributed by atoms with Gasteiger partial charge < -0.3 is 9.52 Å². The Hall–Kier alpha value is -1.76. The molecule has 4 N–H and O–H groups in total. The van der Waals surface area contributed by atoms with Crippen LogP contribution < -0.4 is 11.3 Å². The van der Waals surface area contributed by atoms with E-state index in [4.69, 9.17) is 15.4 Å². The Balaban J connectivity index is 2.01. The maximum atomic E-state index is 11.5. The minimum absolute atomic E-state index is 0.0416. The smallest absolute Gasteiger partial charge is 0.268 e. The first-order valence-electron chi connectivity index (χ1n) is 6.07. The number of nitrogens with one attached hydrogen (secondary N) is 1. The Kier molecular flexibility index (Phi) is 4.84. The zero-order chi connectivity index (χ0) is 14.5. The molecule has 0 unspecified atom stereocenters. The molecule has 0 spiro atoms. The van der Waals surface area contributed by atoms with E-state index < -0.39 is 0 Å². The molecule has 0 saturated heterocycles. The lowest BCUT2D eigenvalue weighted by Crippen LogP contribution is -2.30. The molecule has 0 fully saturated rings. The molecule has 0 aliphatic carbocycles. The molecule has 1 heterocycles. The van der Waals surface area contributed by atoms with E-state index in [1.807, 2.05) is 24.3 Å². The zero-order valence-electron chi connectivity index (χ0n) is 11.1. The van der Waals surface area contributed by atoms with Crippen LogP contribution in [0.4, 0.5) is 0 Å². The minimum atomic E-state index is -0.352. The number of benzene rings is 1. The summed E-state index contributed by atoms with van der Waals surface area (Å²) in [5.41, 5.74) is 3.43. The summed E-state index contributed by atoms with van der Waals surface area (Å²) in [7, 11) is 0. The molecule has 0 saturated carbocycles. The van der Waals surface area contributed by atoms with Crippen LogP contribution in [-0.2, 0) is 12.4 Å². The van der Waals surface area contributed by atoms with Crippen molar-refractivity contribution >= 4 is 17.7 Å². The molecule has 0 atom stereocenters. The number of aryl methyl sites for hydroxylation is 1. The van der Waals surface area contributed by atoms with Gasteiger partial charge in [0.2, 0.25) is 0 Å². The van der Waals surface area contributed by atoms with Gasteiger partial charge in [-0.25, -0.2) is 5.84 Å². The zero-order valence-corrected chi connectivity index (χ0v) is 11.9. The van der Waals surface area contributed by atoms with E-state index in [1.165, 1.54) is 0 Å². The number of amides is 1. The number of hydrogen-bond acceptors (Lipinski definition) is 5. The van der Waals surface area contributed by atoms with Crippen LogP contribution in [0.3, 0.4) is 0 Å². The molecule has 1 amide bonds. The largest absolute Gasteiger partial charge is 0.465 e. The lowest BCUT2D eigenvalue weighted by atomic mass is 10.2. The third-order valence-corrected chi connectivity index (χ3v) is 3.87. The fourth-order valence-corrected chi connectivity index (χ4v) is 2.54. The average Bonchev–Trinajstić information content (AvgIpc) is 2.86. The molecule has 1 aromatic carbocycles. The fourth-order valence-electron chi connectivity index (χ4n) is 1.76. The van der Waals surface area contributed by atoms with Gasteiger partial charge in [-0.3, -0.25) is 10.2 Å². The van der Waals surface area contributed by atoms with Crippen molar-refractivity contribution in [3.8, 4) is 0 Å². The summed E-state index contributed by atoms with van der Waals surface area (Å²) < 4.78 is 5.53. The SMILES string of the molecule is Cc1oc(CSc2ccc(CO)cc2)cc1C(=O)NN. The number of carbonyl (C=O) groups excluding carboxylic acids is 1. The van der Waals surface area contributed by atoms with Crippen molar-refractivity contribution in [2.75, 3.05) is 0 Å². The summed E-state index contributed by atoms with van der Waals surface area (Å²) in [6.45, 7) is 1.77. The van der Waals surface area contributed by atoms with E-state index in [-0.39, 0.29) is 12.5 Å². The van der Waals surface area contributed by atoms with Gasteiger partial charge in [0.1, 0.15) is 11.5 Å². The van der Waals surface area contributed by atoms with E-state index >= 15 is 0 Å². The highest BCUT2D eigenvalue weighted by atomic mass is 32.2. The molecule has 5 nitrogen and oxygen atoms in total. The molecule has 106 valence electrons. The van der Waals surface area contributed by atoms with Gasteiger partial charge in [-0.2, -0.15) is 0 Å². The van der Waals surface area contributed by atoms with Gasteiger partial charge in [0.05, 0.1) is 17.9 Å². The van der Waals surface area contributed by atoms with Crippen LogP contribution >= 0.6 is 11.8 Å². The Bertz CT molecular complexity index is 593. The second-order valence-corrected chi connectivity index (χ2v) is 5.30. The number of furan rings is 1. The number of hydrazine groups is 1. The number of thioether (sulfide) groups is 1. The van der Waals surface area contributed by atoms with Gasteiger partial charge in [0.15, 0.2) is 0 Å². The first-order valence-corrected chi connectivity index (χ1v) is 7.05. The molecule has 0 aliphatic heterocycles. The van der Waals surface area contributed by atoms with E-state index in [2.05, 4.69) is 5.43 Å². The highest BCUT2D eigenvalue weighted by Crippen LogP contribution is 2.25. The summed E-state index contributed by atoms with van der Waals surface area (Å²) in [5.74, 6) is 6.65. The normalized spacial score (nSPS) is 10.6. The van der Waals surface area contributed by atoms with Crippen LogP contribution in [0, 0.1) is 6.92 Å². The standard InChI is InChI=1S/C14H16N2O3S/c1-9-13(14(18)16-15)6-11(19-9)8-20-12-4-2-10(7-17)3-5-12/h2-6,17H,7-8,15H2,1H3,(H,16,18). The number of aliphatic hydroxyl groups is 1. The molecule has 20 heavy (non-hydrogen) atoms. The van der Waals surface area contributed by atoms with Crippen molar-refractivity contribution < 1.29 is 14.3 Å². The van der Waals surface area contributed by atoms with Gasteiger partial charge >= 0.3 is 0 Å². The Morgan fingerprint density at radius 2 is 2.10 bits per heavy atom. The Morgan fingerprint density at radius 3 is 2.70 bits per heavy atom. The van der Waals surface area contributed by atoms with Crippen molar-refractivity contribution in [1.82, 2.24) is 5.43 Å². The van der Waals surface area contributed by atoms with Crippen LogP contribution in [0.2, 0.25) is 0 Å². The van der Waals surface area contributed by atoms with E-state index in [0.29, 0.717) is 17.1 Å². The van der Waals surface area contributed by atoms with Crippen molar-refractivity contribution in [2.45, 2.75) is 24.2 Å². The number of rotatable bonds is 5. The molecule has 1 aromatic heterocycles. The lowest BCUT2D eigenvalue weighted by Gasteiger charge is -2.00. The van der Waals surface area contributed by atoms with Crippen molar-refractivity contribution in [3.63, 3.8) is 0 Å². The monoisotopic (exact) mass is 292 g/mol. The Morgan fingerprint density at radius 1 is 1.40 bits per heavy atom. The molecule has 0 bridgehead atoms. The summed E-state index contributed by atoms with van der Waals surface area (Å²) in [4.78, 5) is 12.5. The van der Waals surface area contributed by atoms with Gasteiger partial charge in [0.25, 0.3) is 5.91 Å². The second kappa shape index (κ2) is 6.60. The highest BCUT2D eigenvalue weighted by molar-refractivity contribution is 7.98. The number of hydrogen-bond donors (Lipinski definition) is 3. The number of aliphatic hydroxyl groups excluding tert-OH is 1. The average molecular weight is 292 g/mol. The van der Waals surface area contributed by atoms with Gasteiger partial charge in [-0.1, -0.05) is 12.1 Å². The van der Waals surface area contributed by atoms with Crippen molar-refractivity contribution in [2.24, 2.45) is 5.84 Å². The van der Waals surface area contributed by atoms with Crippen LogP contribution in [0.1, 0.15) is 27.4 Å². The number of nitrogen functional groups attached to an aromatic ring is 1. The van der Waals surface area contributed by atoms with Crippen LogP contribution in [0.15, 0.2) is 39.6 Å². The summed E-state index contributed by atoms with van der Waals surface area (Å²) in [6, 6.07) is 9.34. The third-order valence-electron chi connectivity index (χ3n) is 2.83. The van der Waals surface area contributed by atoms with Crippen LogP contribution in [-0.4, -0.2) is 11.0 Å². The number of carbonyl (C=O) groups is 1. The van der Waals surface area contributed by atoms with Crippen molar-refractivity contribution in [3.05, 3.63) is 53.0 Å². The first-order chi connectivity index (χ1) is 9.63. The third kappa shape index (κ3) is 3.41. The topological polar surface area (TPSA) is 88.5 Å². The van der Waals surface area contributed by atoms with Gasteiger partial charge in [0, 0.05) is 4.90 Å². The molecule has 6 heteroatoms. The quantitative estimate of drug-likeness (QED) is 0.339.